The summed E-state index contributed by atoms with van der Waals surface area (Å²) < 4.78 is 0. The molecule has 1 saturated heterocycles. The van der Waals surface area contributed by atoms with E-state index in [2.05, 4.69) is 39.9 Å². The summed E-state index contributed by atoms with van der Waals surface area (Å²) in [5.74, 6) is 0.834. The Balaban J connectivity index is 0.000000791. The third kappa shape index (κ3) is 4.45. The van der Waals surface area contributed by atoms with E-state index in [0.717, 1.165) is 5.92 Å². The van der Waals surface area contributed by atoms with Crippen LogP contribution in [-0.4, -0.2) is 13.1 Å². The molecule has 1 rings (SSSR count). The number of nitrogens with one attached hydrogen (secondary N) is 1. The fourth-order valence-electron chi connectivity index (χ4n) is 2.01. The number of hydrogen-bond donors (Lipinski definition) is 1. The summed E-state index contributed by atoms with van der Waals surface area (Å²) in [4.78, 5) is 0. The highest BCUT2D eigenvalue weighted by Crippen LogP contribution is 2.37. The topological polar surface area (TPSA) is 12.0 Å². The van der Waals surface area contributed by atoms with Gasteiger partial charge in [-0.25, -0.2) is 0 Å². The quantitative estimate of drug-likeness (QED) is 0.627. The maximum absolute atomic E-state index is 3.53. The Morgan fingerprint density at radius 3 is 1.93 bits per heavy atom. The molecule has 1 aliphatic rings. The summed E-state index contributed by atoms with van der Waals surface area (Å²) >= 11 is 0. The van der Waals surface area contributed by atoms with Crippen LogP contribution in [0.3, 0.4) is 0 Å². The molecule has 1 heteroatoms. The Bertz CT molecular complexity index is 150. The molecule has 1 fully saturated rings. The van der Waals surface area contributed by atoms with Crippen molar-refractivity contribution >= 4 is 0 Å². The second kappa shape index (κ2) is 5.16. The van der Waals surface area contributed by atoms with Crippen molar-refractivity contribution in [2.75, 3.05) is 13.1 Å². The number of hydrogen-bond acceptors (Lipinski definition) is 1. The third-order valence-electron chi connectivity index (χ3n) is 3.02. The SMILES string of the molecule is CC.CC1(C)CNCC(C(C)(C)C)C1. The molecule has 0 aromatic heterocycles. The van der Waals surface area contributed by atoms with Gasteiger partial charge in [-0.1, -0.05) is 48.5 Å². The third-order valence-corrected chi connectivity index (χ3v) is 3.02. The van der Waals surface area contributed by atoms with E-state index in [0.29, 0.717) is 10.8 Å². The van der Waals surface area contributed by atoms with Gasteiger partial charge in [0.25, 0.3) is 0 Å². The van der Waals surface area contributed by atoms with Crippen molar-refractivity contribution in [2.24, 2.45) is 16.7 Å². The molecular weight excluding hydrogens is 170 g/mol. The average molecular weight is 199 g/mol. The van der Waals surface area contributed by atoms with Crippen LogP contribution in [0.15, 0.2) is 0 Å². The van der Waals surface area contributed by atoms with E-state index in [-0.39, 0.29) is 0 Å². The van der Waals surface area contributed by atoms with Crippen LogP contribution in [0.5, 0.6) is 0 Å². The summed E-state index contributed by atoms with van der Waals surface area (Å²) in [6.45, 7) is 18.1. The van der Waals surface area contributed by atoms with Crippen LogP contribution in [0, 0.1) is 16.7 Å². The Hall–Kier alpha value is -0.0400. The molecule has 1 unspecified atom stereocenters. The van der Waals surface area contributed by atoms with Gasteiger partial charge in [0, 0.05) is 6.54 Å². The summed E-state index contributed by atoms with van der Waals surface area (Å²) in [7, 11) is 0. The normalized spacial score (nSPS) is 26.4. The van der Waals surface area contributed by atoms with Crippen LogP contribution in [-0.2, 0) is 0 Å². The van der Waals surface area contributed by atoms with E-state index in [1.54, 1.807) is 0 Å². The van der Waals surface area contributed by atoms with E-state index < -0.39 is 0 Å². The van der Waals surface area contributed by atoms with Crippen LogP contribution in [0.1, 0.15) is 54.9 Å². The molecule has 14 heavy (non-hydrogen) atoms. The second-order valence-corrected chi connectivity index (χ2v) is 6.06. The lowest BCUT2D eigenvalue weighted by atomic mass is 9.69. The van der Waals surface area contributed by atoms with Crippen LogP contribution in [0.4, 0.5) is 0 Å². The Morgan fingerprint density at radius 2 is 1.64 bits per heavy atom. The molecule has 0 aliphatic carbocycles. The Labute approximate surface area is 90.7 Å². The first kappa shape index (κ1) is 14.0. The average Bonchev–Trinajstić information content (AvgIpc) is 2.04. The molecule has 1 nitrogen and oxygen atoms in total. The van der Waals surface area contributed by atoms with Gasteiger partial charge in [-0.15, -0.1) is 0 Å². The van der Waals surface area contributed by atoms with Crippen molar-refractivity contribution in [1.29, 1.82) is 0 Å². The van der Waals surface area contributed by atoms with E-state index in [4.69, 9.17) is 0 Å². The second-order valence-electron chi connectivity index (χ2n) is 6.06. The van der Waals surface area contributed by atoms with E-state index in [1.807, 2.05) is 13.8 Å². The zero-order valence-electron chi connectivity index (χ0n) is 11.2. The lowest BCUT2D eigenvalue weighted by molar-refractivity contribution is 0.112. The van der Waals surface area contributed by atoms with Gasteiger partial charge >= 0.3 is 0 Å². The van der Waals surface area contributed by atoms with E-state index in [1.165, 1.54) is 19.5 Å². The van der Waals surface area contributed by atoms with Gasteiger partial charge in [0.2, 0.25) is 0 Å². The highest BCUT2D eigenvalue weighted by molar-refractivity contribution is 4.87. The lowest BCUT2D eigenvalue weighted by Gasteiger charge is -2.42. The summed E-state index contributed by atoms with van der Waals surface area (Å²) in [6.07, 6.45) is 1.36. The minimum absolute atomic E-state index is 0.463. The van der Waals surface area contributed by atoms with Gasteiger partial charge in [0.15, 0.2) is 0 Å². The molecule has 0 spiro atoms. The molecule has 1 aliphatic heterocycles. The van der Waals surface area contributed by atoms with Crippen LogP contribution >= 0.6 is 0 Å². The van der Waals surface area contributed by atoms with Crippen molar-refractivity contribution in [2.45, 2.75) is 54.9 Å². The first-order valence-electron chi connectivity index (χ1n) is 6.02. The first-order valence-corrected chi connectivity index (χ1v) is 6.02. The van der Waals surface area contributed by atoms with Crippen LogP contribution in [0.2, 0.25) is 0 Å². The van der Waals surface area contributed by atoms with Gasteiger partial charge < -0.3 is 5.32 Å². The Morgan fingerprint density at radius 1 is 1.14 bits per heavy atom. The highest BCUT2D eigenvalue weighted by Gasteiger charge is 2.34. The summed E-state index contributed by atoms with van der Waals surface area (Å²) in [6, 6.07) is 0. The van der Waals surface area contributed by atoms with Gasteiger partial charge in [-0.3, -0.25) is 0 Å². The predicted octanol–water partition coefficient (Wildman–Crippen LogP) is 3.69. The molecule has 1 atom stereocenters. The maximum Gasteiger partial charge on any atom is 0.000275 e. The minimum Gasteiger partial charge on any atom is -0.316 e. The van der Waals surface area contributed by atoms with Gasteiger partial charge in [0.1, 0.15) is 0 Å². The van der Waals surface area contributed by atoms with Gasteiger partial charge in [0.05, 0.1) is 0 Å². The standard InChI is InChI=1S/C11H23N.C2H6/c1-10(2,3)9-6-11(4,5)8-12-7-9;1-2/h9,12H,6-8H2,1-5H3;1-2H3. The minimum atomic E-state index is 0.463. The van der Waals surface area contributed by atoms with Crippen LogP contribution < -0.4 is 5.32 Å². The largest absolute Gasteiger partial charge is 0.316 e. The molecule has 1 N–H and O–H groups in total. The highest BCUT2D eigenvalue weighted by atomic mass is 14.9. The molecule has 0 saturated carbocycles. The lowest BCUT2D eigenvalue weighted by Crippen LogP contribution is -2.45. The molecule has 0 amide bonds. The van der Waals surface area contributed by atoms with Crippen molar-refractivity contribution in [3.63, 3.8) is 0 Å². The van der Waals surface area contributed by atoms with Gasteiger partial charge in [-0.05, 0) is 29.7 Å². The number of rotatable bonds is 0. The summed E-state index contributed by atoms with van der Waals surface area (Å²) in [5, 5.41) is 3.53. The van der Waals surface area contributed by atoms with E-state index in [9.17, 15) is 0 Å². The molecule has 0 aromatic rings. The van der Waals surface area contributed by atoms with Crippen molar-refractivity contribution in [3.8, 4) is 0 Å². The molecule has 0 aromatic carbocycles. The molecule has 0 bridgehead atoms. The van der Waals surface area contributed by atoms with E-state index >= 15 is 0 Å². The van der Waals surface area contributed by atoms with Crippen molar-refractivity contribution in [3.05, 3.63) is 0 Å². The Kier molecular flexibility index (Phi) is 5.14. The smallest absolute Gasteiger partial charge is 0.000275 e. The zero-order chi connectivity index (χ0) is 11.4. The monoisotopic (exact) mass is 199 g/mol. The molecular formula is C13H29N. The van der Waals surface area contributed by atoms with Crippen LogP contribution in [0.25, 0.3) is 0 Å². The number of piperidine rings is 1. The molecule has 86 valence electrons. The fraction of sp³-hybridized carbons (Fsp3) is 1.00. The maximum atomic E-state index is 3.53. The fourth-order valence-corrected chi connectivity index (χ4v) is 2.01. The summed E-state index contributed by atoms with van der Waals surface area (Å²) in [5.41, 5.74) is 0.959. The zero-order valence-corrected chi connectivity index (χ0v) is 11.2. The molecule has 1 heterocycles. The first-order chi connectivity index (χ1) is 6.31. The van der Waals surface area contributed by atoms with Crippen molar-refractivity contribution in [1.82, 2.24) is 5.32 Å². The predicted molar refractivity (Wildman–Crippen MR) is 65.6 cm³/mol. The molecule has 0 radical (unpaired) electrons. The van der Waals surface area contributed by atoms with Crippen molar-refractivity contribution < 1.29 is 0 Å². The van der Waals surface area contributed by atoms with Gasteiger partial charge in [-0.2, -0.15) is 0 Å².